The van der Waals surface area contributed by atoms with Crippen molar-refractivity contribution in [3.8, 4) is 11.8 Å². The molecule has 6 heteroatoms. The number of nitrogens with zero attached hydrogens (tertiary/aromatic N) is 2. The Morgan fingerprint density at radius 2 is 2.10 bits per heavy atom. The summed E-state index contributed by atoms with van der Waals surface area (Å²) in [5, 5.41) is 0. The quantitative estimate of drug-likeness (QED) is 0.849. The smallest absolute Gasteiger partial charge is 0.317 e. The summed E-state index contributed by atoms with van der Waals surface area (Å²) in [6.45, 7) is 2.18. The summed E-state index contributed by atoms with van der Waals surface area (Å²) >= 11 is 4.91. The number of nitrogens with two attached hydrogens (primary N) is 1. The van der Waals surface area contributed by atoms with E-state index in [4.69, 9.17) is 27.4 Å². The standard InChI is InChI=1S/C14H15N3O2S/c1-9-6-12(13(15)20)17-14(16-9)19-8-10-4-3-5-11(7-10)18-2/h3-7H,8H2,1-2H3,(H2,15,20). The van der Waals surface area contributed by atoms with Crippen LogP contribution in [0, 0.1) is 6.92 Å². The topological polar surface area (TPSA) is 70.3 Å². The second-order valence-electron chi connectivity index (χ2n) is 4.18. The molecule has 104 valence electrons. The summed E-state index contributed by atoms with van der Waals surface area (Å²) in [5.74, 6) is 0.778. The molecule has 1 aromatic heterocycles. The van der Waals surface area contributed by atoms with Crippen molar-refractivity contribution in [2.75, 3.05) is 7.11 Å². The first-order valence-corrected chi connectivity index (χ1v) is 6.40. The Balaban J connectivity index is 2.12. The fourth-order valence-electron chi connectivity index (χ4n) is 1.64. The molecule has 0 spiro atoms. The van der Waals surface area contributed by atoms with Crippen LogP contribution >= 0.6 is 12.2 Å². The molecule has 0 atom stereocenters. The molecule has 0 saturated carbocycles. The van der Waals surface area contributed by atoms with E-state index in [9.17, 15) is 0 Å². The highest BCUT2D eigenvalue weighted by Crippen LogP contribution is 2.14. The molecular weight excluding hydrogens is 274 g/mol. The summed E-state index contributed by atoms with van der Waals surface area (Å²) in [4.78, 5) is 8.58. The second-order valence-corrected chi connectivity index (χ2v) is 4.62. The van der Waals surface area contributed by atoms with Crippen LogP contribution in [0.3, 0.4) is 0 Å². The molecule has 1 aromatic carbocycles. The van der Waals surface area contributed by atoms with Gasteiger partial charge in [-0.1, -0.05) is 24.4 Å². The van der Waals surface area contributed by atoms with Gasteiger partial charge in [0.15, 0.2) is 0 Å². The van der Waals surface area contributed by atoms with Crippen molar-refractivity contribution in [3.63, 3.8) is 0 Å². The van der Waals surface area contributed by atoms with Gasteiger partial charge in [-0.05, 0) is 30.7 Å². The Bertz CT molecular complexity index is 632. The number of aryl methyl sites for hydroxylation is 1. The van der Waals surface area contributed by atoms with Crippen LogP contribution in [-0.2, 0) is 6.61 Å². The Morgan fingerprint density at radius 1 is 1.30 bits per heavy atom. The SMILES string of the molecule is COc1cccc(COc2nc(C)cc(C(N)=S)n2)c1. The molecule has 0 aliphatic heterocycles. The fraction of sp³-hybridized carbons (Fsp3) is 0.214. The van der Waals surface area contributed by atoms with Crippen molar-refractivity contribution < 1.29 is 9.47 Å². The zero-order chi connectivity index (χ0) is 14.5. The van der Waals surface area contributed by atoms with Gasteiger partial charge < -0.3 is 15.2 Å². The van der Waals surface area contributed by atoms with Crippen LogP contribution < -0.4 is 15.2 Å². The van der Waals surface area contributed by atoms with E-state index in [-0.39, 0.29) is 11.0 Å². The lowest BCUT2D eigenvalue weighted by Crippen LogP contribution is -2.13. The number of methoxy groups -OCH3 is 1. The minimum atomic E-state index is 0.224. The van der Waals surface area contributed by atoms with Gasteiger partial charge in [0.25, 0.3) is 0 Å². The van der Waals surface area contributed by atoms with Crippen molar-refractivity contribution in [3.05, 3.63) is 47.3 Å². The highest BCUT2D eigenvalue weighted by Gasteiger charge is 2.06. The lowest BCUT2D eigenvalue weighted by molar-refractivity contribution is 0.279. The zero-order valence-corrected chi connectivity index (χ0v) is 12.1. The first-order chi connectivity index (χ1) is 9.58. The summed E-state index contributed by atoms with van der Waals surface area (Å²) in [6.07, 6.45) is 0. The molecule has 2 aromatic rings. The molecule has 2 rings (SSSR count). The normalized spacial score (nSPS) is 10.1. The molecule has 0 saturated heterocycles. The van der Waals surface area contributed by atoms with Gasteiger partial charge >= 0.3 is 6.01 Å². The molecule has 0 unspecified atom stereocenters. The van der Waals surface area contributed by atoms with Crippen molar-refractivity contribution in [1.29, 1.82) is 0 Å². The minimum Gasteiger partial charge on any atom is -0.497 e. The first-order valence-electron chi connectivity index (χ1n) is 5.99. The van der Waals surface area contributed by atoms with Gasteiger partial charge in [-0.25, -0.2) is 4.98 Å². The van der Waals surface area contributed by atoms with Gasteiger partial charge in [0, 0.05) is 5.69 Å². The highest BCUT2D eigenvalue weighted by atomic mass is 32.1. The maximum absolute atomic E-state index is 5.57. The van der Waals surface area contributed by atoms with Gasteiger partial charge in [-0.3, -0.25) is 0 Å². The molecule has 0 fully saturated rings. The van der Waals surface area contributed by atoms with Crippen LogP contribution in [0.25, 0.3) is 0 Å². The van der Waals surface area contributed by atoms with E-state index in [0.717, 1.165) is 17.0 Å². The van der Waals surface area contributed by atoms with Crippen molar-refractivity contribution in [1.82, 2.24) is 9.97 Å². The number of thiocarbonyl (C=S) groups is 1. The molecule has 0 bridgehead atoms. The Labute approximate surface area is 122 Å². The largest absolute Gasteiger partial charge is 0.497 e. The van der Waals surface area contributed by atoms with E-state index < -0.39 is 0 Å². The number of ether oxygens (including phenoxy) is 2. The lowest BCUT2D eigenvalue weighted by Gasteiger charge is -2.08. The van der Waals surface area contributed by atoms with Crippen LogP contribution in [0.1, 0.15) is 17.0 Å². The molecule has 1 heterocycles. The predicted octanol–water partition coefficient (Wildman–Crippen LogP) is 2.01. The van der Waals surface area contributed by atoms with E-state index in [0.29, 0.717) is 12.3 Å². The molecule has 5 nitrogen and oxygen atoms in total. The summed E-state index contributed by atoms with van der Waals surface area (Å²) < 4.78 is 10.7. The molecule has 0 amide bonds. The third-order valence-corrected chi connectivity index (χ3v) is 2.80. The second kappa shape index (κ2) is 6.29. The number of hydrogen-bond acceptors (Lipinski definition) is 5. The van der Waals surface area contributed by atoms with Crippen LogP contribution in [0.15, 0.2) is 30.3 Å². The number of benzene rings is 1. The Hall–Kier alpha value is -2.21. The van der Waals surface area contributed by atoms with E-state index in [2.05, 4.69) is 9.97 Å². The third-order valence-electron chi connectivity index (χ3n) is 2.59. The molecule has 2 N–H and O–H groups in total. The summed E-state index contributed by atoms with van der Waals surface area (Å²) in [7, 11) is 1.62. The maximum Gasteiger partial charge on any atom is 0.317 e. The molecule has 0 aliphatic rings. The minimum absolute atomic E-state index is 0.224. The van der Waals surface area contributed by atoms with Crippen LogP contribution in [0.4, 0.5) is 0 Å². The van der Waals surface area contributed by atoms with Gasteiger partial charge in [0.2, 0.25) is 0 Å². The number of aromatic nitrogens is 2. The van der Waals surface area contributed by atoms with E-state index in [1.54, 1.807) is 13.2 Å². The van der Waals surface area contributed by atoms with Gasteiger partial charge in [-0.2, -0.15) is 4.98 Å². The Kier molecular flexibility index (Phi) is 4.47. The van der Waals surface area contributed by atoms with E-state index >= 15 is 0 Å². The van der Waals surface area contributed by atoms with Gasteiger partial charge in [-0.15, -0.1) is 0 Å². The van der Waals surface area contributed by atoms with E-state index in [1.807, 2.05) is 31.2 Å². The van der Waals surface area contributed by atoms with E-state index in [1.165, 1.54) is 0 Å². The third kappa shape index (κ3) is 3.64. The molecule has 0 aliphatic carbocycles. The molecule has 0 radical (unpaired) electrons. The van der Waals surface area contributed by atoms with Gasteiger partial charge in [0.1, 0.15) is 23.0 Å². The molecule has 20 heavy (non-hydrogen) atoms. The average Bonchev–Trinajstić information content (AvgIpc) is 2.44. The monoisotopic (exact) mass is 289 g/mol. The van der Waals surface area contributed by atoms with Crippen molar-refractivity contribution in [2.45, 2.75) is 13.5 Å². The van der Waals surface area contributed by atoms with Crippen molar-refractivity contribution in [2.24, 2.45) is 5.73 Å². The lowest BCUT2D eigenvalue weighted by atomic mass is 10.2. The van der Waals surface area contributed by atoms with Gasteiger partial charge in [0.05, 0.1) is 7.11 Å². The number of hydrogen-bond donors (Lipinski definition) is 1. The maximum atomic E-state index is 5.57. The predicted molar refractivity (Wildman–Crippen MR) is 80.0 cm³/mol. The fourth-order valence-corrected chi connectivity index (χ4v) is 1.75. The van der Waals surface area contributed by atoms with Crippen molar-refractivity contribution >= 4 is 17.2 Å². The first kappa shape index (κ1) is 14.2. The highest BCUT2D eigenvalue weighted by molar-refractivity contribution is 7.80. The summed E-state index contributed by atoms with van der Waals surface area (Å²) in [5.41, 5.74) is 7.79. The number of rotatable bonds is 5. The zero-order valence-electron chi connectivity index (χ0n) is 11.3. The summed E-state index contributed by atoms with van der Waals surface area (Å²) in [6, 6.07) is 9.58. The van der Waals surface area contributed by atoms with Crippen LogP contribution in [-0.4, -0.2) is 22.1 Å². The Morgan fingerprint density at radius 3 is 2.80 bits per heavy atom. The molecular formula is C14H15N3O2S. The van der Waals surface area contributed by atoms with Crippen LogP contribution in [0.5, 0.6) is 11.8 Å². The van der Waals surface area contributed by atoms with Crippen LogP contribution in [0.2, 0.25) is 0 Å². The average molecular weight is 289 g/mol.